The summed E-state index contributed by atoms with van der Waals surface area (Å²) in [6, 6.07) is 46.9. The minimum Gasteiger partial charge on any atom is -0.342 e. The van der Waals surface area contributed by atoms with E-state index in [4.69, 9.17) is 0 Å². The van der Waals surface area contributed by atoms with Gasteiger partial charge in [-0.15, -0.1) is 11.3 Å². The van der Waals surface area contributed by atoms with Crippen LogP contribution in [0.25, 0.3) is 32.0 Å². The van der Waals surface area contributed by atoms with E-state index in [9.17, 15) is 0 Å². The average molecular weight is 1030 g/mol. The Morgan fingerprint density at radius 2 is 1.04 bits per heavy atom. The zero-order chi connectivity index (χ0) is 54.3. The van der Waals surface area contributed by atoms with Crippen LogP contribution in [0.5, 0.6) is 0 Å². The third-order valence-corrected chi connectivity index (χ3v) is 21.8. The van der Waals surface area contributed by atoms with Gasteiger partial charge < -0.3 is 9.80 Å². The highest BCUT2D eigenvalue weighted by molar-refractivity contribution is 7.33. The molecule has 2 nitrogen and oxygen atoms in total. The Morgan fingerprint density at radius 1 is 0.506 bits per heavy atom. The van der Waals surface area contributed by atoms with Crippen molar-refractivity contribution in [1.29, 1.82) is 0 Å². The quantitative estimate of drug-likeness (QED) is 0.159. The van der Waals surface area contributed by atoms with Gasteiger partial charge in [-0.05, 0) is 215 Å². The molecule has 0 atom stereocenters. The Labute approximate surface area is 466 Å². The fourth-order valence-corrected chi connectivity index (χ4v) is 16.6. The average Bonchev–Trinajstić information content (AvgIpc) is 4.05. The first-order chi connectivity index (χ1) is 36.2. The second-order valence-corrected chi connectivity index (χ2v) is 30.8. The Balaban J connectivity index is 1.08. The lowest BCUT2D eigenvalue weighted by Crippen LogP contribution is -2.61. The predicted octanol–water partition coefficient (Wildman–Crippen LogP) is 18.4. The van der Waals surface area contributed by atoms with Crippen LogP contribution in [0.15, 0.2) is 115 Å². The van der Waals surface area contributed by atoms with E-state index in [0.29, 0.717) is 0 Å². The monoisotopic (exact) mass is 1030 g/mol. The van der Waals surface area contributed by atoms with E-state index in [1.807, 2.05) is 0 Å². The van der Waals surface area contributed by atoms with Gasteiger partial charge in [0, 0.05) is 44.2 Å². The van der Waals surface area contributed by atoms with Crippen molar-refractivity contribution in [3.63, 3.8) is 0 Å². The van der Waals surface area contributed by atoms with E-state index in [1.165, 1.54) is 154 Å². The Kier molecular flexibility index (Phi) is 11.1. The zero-order valence-electron chi connectivity index (χ0n) is 49.5. The molecular formula is C73H83BN2S. The fourth-order valence-electron chi connectivity index (χ4n) is 15.2. The van der Waals surface area contributed by atoms with Crippen LogP contribution in [0.3, 0.4) is 0 Å². The van der Waals surface area contributed by atoms with Gasteiger partial charge in [-0.25, -0.2) is 0 Å². The second kappa shape index (κ2) is 16.7. The number of benzene rings is 7. The van der Waals surface area contributed by atoms with Crippen LogP contribution in [-0.2, 0) is 44.3 Å². The van der Waals surface area contributed by atoms with Crippen molar-refractivity contribution >= 4 is 83.0 Å². The van der Waals surface area contributed by atoms with Crippen molar-refractivity contribution in [3.8, 4) is 11.1 Å². The molecule has 5 aliphatic rings. The molecule has 394 valence electrons. The molecule has 0 saturated heterocycles. The standard InChI is InChI=1S/C73H83BN2S/c1-44-36-61-64-62(37-44)76(48-26-24-47(25-27-48)67(2,3)4)65-52-40-55-58(73(15,16)34-31-70(55,9)10)43-63(52)77-66(65)74(64)59-41-56-57(72(13,14)33-32-71(56,11)12)42-60(59)75(61)35-28-46-38-53-54(69(7,8)30-29-68(53,5)6)39-51(46)50-23-19-21-45-20-17-18-22-49(45)50/h17-27,36-43H,28-35H2,1-16H3. The van der Waals surface area contributed by atoms with Crippen molar-refractivity contribution in [2.75, 3.05) is 16.3 Å². The van der Waals surface area contributed by atoms with Gasteiger partial charge in [0.25, 0.3) is 6.71 Å². The highest BCUT2D eigenvalue weighted by Crippen LogP contribution is 2.55. The van der Waals surface area contributed by atoms with Gasteiger partial charge in [0.15, 0.2) is 0 Å². The molecule has 0 amide bonds. The molecule has 0 saturated carbocycles. The lowest BCUT2D eigenvalue weighted by molar-refractivity contribution is 0.331. The van der Waals surface area contributed by atoms with Crippen LogP contribution in [0, 0.1) is 6.92 Å². The molecule has 77 heavy (non-hydrogen) atoms. The number of fused-ring (bicyclic) bond motifs is 10. The maximum absolute atomic E-state index is 2.82. The molecule has 0 fully saturated rings. The second-order valence-electron chi connectivity index (χ2n) is 29.7. The number of aryl methyl sites for hydroxylation is 1. The van der Waals surface area contributed by atoms with E-state index in [2.05, 4.69) is 247 Å². The molecule has 0 radical (unpaired) electrons. The van der Waals surface area contributed by atoms with Crippen LogP contribution in [0.4, 0.5) is 28.4 Å². The lowest BCUT2D eigenvalue weighted by atomic mass is 9.35. The Hall–Kier alpha value is -5.58. The number of nitrogens with zero attached hydrogens (tertiary/aromatic N) is 2. The fraction of sp³-hybridized carbons (Fsp3) is 0.425. The summed E-state index contributed by atoms with van der Waals surface area (Å²) < 4.78 is 2.91. The van der Waals surface area contributed by atoms with E-state index in [-0.39, 0.29) is 44.6 Å². The van der Waals surface area contributed by atoms with Crippen molar-refractivity contribution in [2.24, 2.45) is 0 Å². The Morgan fingerprint density at radius 3 is 1.66 bits per heavy atom. The third-order valence-electron chi connectivity index (χ3n) is 20.6. The molecular weight excluding hydrogens is 948 g/mol. The van der Waals surface area contributed by atoms with E-state index in [0.717, 1.165) is 13.0 Å². The van der Waals surface area contributed by atoms with Crippen molar-refractivity contribution in [1.82, 2.24) is 0 Å². The van der Waals surface area contributed by atoms with Gasteiger partial charge in [-0.3, -0.25) is 0 Å². The van der Waals surface area contributed by atoms with Crippen LogP contribution in [0.2, 0.25) is 0 Å². The van der Waals surface area contributed by atoms with Crippen LogP contribution in [-0.4, -0.2) is 13.3 Å². The molecule has 0 unspecified atom stereocenters. The maximum Gasteiger partial charge on any atom is 0.264 e. The normalized spacial score (nSPS) is 19.8. The van der Waals surface area contributed by atoms with E-state index in [1.54, 1.807) is 11.1 Å². The van der Waals surface area contributed by atoms with Crippen LogP contribution in [0.1, 0.15) is 192 Å². The minimum absolute atomic E-state index is 0.0505. The van der Waals surface area contributed by atoms with E-state index < -0.39 is 0 Å². The summed E-state index contributed by atoms with van der Waals surface area (Å²) in [6.07, 6.45) is 8.09. The number of thiophene rings is 1. The molecule has 0 N–H and O–H groups in total. The summed E-state index contributed by atoms with van der Waals surface area (Å²) in [5.41, 5.74) is 26.4. The van der Waals surface area contributed by atoms with Crippen molar-refractivity contribution < 1.29 is 0 Å². The first-order valence-electron chi connectivity index (χ1n) is 29.4. The molecule has 3 heterocycles. The van der Waals surface area contributed by atoms with Gasteiger partial charge in [0.05, 0.1) is 5.69 Å². The van der Waals surface area contributed by atoms with Gasteiger partial charge in [-0.2, -0.15) is 0 Å². The number of rotatable bonds is 5. The number of hydrogen-bond donors (Lipinski definition) is 0. The first kappa shape index (κ1) is 50.9. The summed E-state index contributed by atoms with van der Waals surface area (Å²) in [7, 11) is 0. The van der Waals surface area contributed by atoms with E-state index >= 15 is 0 Å². The molecule has 13 rings (SSSR count). The summed E-state index contributed by atoms with van der Waals surface area (Å²) in [6.45, 7) is 40.3. The summed E-state index contributed by atoms with van der Waals surface area (Å²) in [5.74, 6) is 0. The van der Waals surface area contributed by atoms with Gasteiger partial charge in [0.1, 0.15) is 0 Å². The molecule has 1 aromatic heterocycles. The van der Waals surface area contributed by atoms with Crippen LogP contribution >= 0.6 is 11.3 Å². The highest BCUT2D eigenvalue weighted by Gasteiger charge is 2.49. The SMILES string of the molecule is Cc1cc2c3c(c1)N(c1ccc(C(C)(C)C)cc1)c1c(sc4cc5c(cc14)C(C)(C)CCC5(C)C)B3c1cc3c(cc1N2CCc1cc2c(cc1-c1cccc4ccccc14)C(C)(C)CCC2(C)C)C(C)(C)CCC3(C)C. The summed E-state index contributed by atoms with van der Waals surface area (Å²) in [5, 5.41) is 4.05. The Bertz CT molecular complexity index is 3770. The topological polar surface area (TPSA) is 6.48 Å². The molecule has 0 spiro atoms. The number of anilines is 5. The molecule has 2 aliphatic heterocycles. The third kappa shape index (κ3) is 7.81. The summed E-state index contributed by atoms with van der Waals surface area (Å²) in [4.78, 5) is 5.54. The zero-order valence-corrected chi connectivity index (χ0v) is 50.3. The van der Waals surface area contributed by atoms with Crippen LogP contribution < -0.4 is 25.5 Å². The molecule has 4 heteroatoms. The predicted molar refractivity (Wildman–Crippen MR) is 337 cm³/mol. The number of hydrogen-bond acceptors (Lipinski definition) is 3. The largest absolute Gasteiger partial charge is 0.342 e. The molecule has 8 aromatic rings. The first-order valence-corrected chi connectivity index (χ1v) is 30.3. The van der Waals surface area contributed by atoms with Gasteiger partial charge >= 0.3 is 0 Å². The molecule has 7 aromatic carbocycles. The smallest absolute Gasteiger partial charge is 0.264 e. The lowest BCUT2D eigenvalue weighted by Gasteiger charge is -2.47. The minimum atomic E-state index is 0.0505. The summed E-state index contributed by atoms with van der Waals surface area (Å²) >= 11 is 2.09. The van der Waals surface area contributed by atoms with Crippen molar-refractivity contribution in [2.45, 2.75) is 194 Å². The molecule has 0 bridgehead atoms. The highest BCUT2D eigenvalue weighted by atomic mass is 32.1. The maximum atomic E-state index is 2.82. The van der Waals surface area contributed by atoms with Gasteiger partial charge in [-0.1, -0.05) is 177 Å². The molecule has 3 aliphatic carbocycles. The van der Waals surface area contributed by atoms with Crippen molar-refractivity contribution in [3.05, 3.63) is 165 Å². The van der Waals surface area contributed by atoms with Gasteiger partial charge in [0.2, 0.25) is 0 Å².